The molecule has 208 valence electrons. The van der Waals surface area contributed by atoms with E-state index in [1.807, 2.05) is 0 Å². The fraction of sp³-hybridized carbons (Fsp3) is 0.400. The van der Waals surface area contributed by atoms with E-state index in [0.29, 0.717) is 5.56 Å². The van der Waals surface area contributed by atoms with Gasteiger partial charge in [-0.25, -0.2) is 19.7 Å². The van der Waals surface area contributed by atoms with Crippen LogP contribution in [-0.4, -0.2) is 67.0 Å². The summed E-state index contributed by atoms with van der Waals surface area (Å²) in [5.74, 6) is -3.32. The molecule has 1 fully saturated rings. The van der Waals surface area contributed by atoms with E-state index in [-0.39, 0.29) is 30.8 Å². The Kier molecular flexibility index (Phi) is 8.45. The summed E-state index contributed by atoms with van der Waals surface area (Å²) in [6.07, 6.45) is -3.07. The number of esters is 3. The van der Waals surface area contributed by atoms with Crippen molar-refractivity contribution in [2.75, 3.05) is 6.61 Å². The largest absolute Gasteiger partial charge is 0.459 e. The van der Waals surface area contributed by atoms with Crippen molar-refractivity contribution in [1.82, 2.24) is 5.32 Å². The lowest BCUT2D eigenvalue weighted by Gasteiger charge is -2.25. The molecule has 5 atom stereocenters. The minimum absolute atomic E-state index is 0.0725. The number of hydrogen-bond donors (Lipinski definition) is 2. The number of carbonyl (C=O) groups is 4. The van der Waals surface area contributed by atoms with Gasteiger partial charge in [0, 0.05) is 18.7 Å². The SMILES string of the molecule is NC1=NC(=O)C(CC[C@@H]2O[C@H](COC(=O)c3ccc(CNC(F)(F)F)cc3)C3OC(=O)/C=C\C(=O)O[C@@H]32)C=C1. The lowest BCUT2D eigenvalue weighted by molar-refractivity contribution is -0.163. The first-order chi connectivity index (χ1) is 18.5. The molecule has 0 saturated carbocycles. The van der Waals surface area contributed by atoms with Crippen LogP contribution in [0.2, 0.25) is 0 Å². The summed E-state index contributed by atoms with van der Waals surface area (Å²) < 4.78 is 59.1. The van der Waals surface area contributed by atoms with Crippen molar-refractivity contribution in [3.63, 3.8) is 0 Å². The molecule has 0 aliphatic carbocycles. The molecule has 0 radical (unpaired) electrons. The molecule has 0 aromatic heterocycles. The van der Waals surface area contributed by atoms with E-state index < -0.39 is 67.0 Å². The Morgan fingerprint density at radius 2 is 1.62 bits per heavy atom. The zero-order chi connectivity index (χ0) is 28.2. The third-order valence-electron chi connectivity index (χ3n) is 6.15. The van der Waals surface area contributed by atoms with Gasteiger partial charge >= 0.3 is 24.2 Å². The Labute approximate surface area is 219 Å². The van der Waals surface area contributed by atoms with Crippen molar-refractivity contribution >= 4 is 29.7 Å². The van der Waals surface area contributed by atoms with Crippen LogP contribution in [0.5, 0.6) is 0 Å². The van der Waals surface area contributed by atoms with E-state index >= 15 is 0 Å². The van der Waals surface area contributed by atoms with Crippen LogP contribution in [0.4, 0.5) is 13.2 Å². The smallest absolute Gasteiger partial charge is 0.457 e. The fourth-order valence-electron chi connectivity index (χ4n) is 4.25. The minimum Gasteiger partial charge on any atom is -0.459 e. The number of nitrogens with zero attached hydrogens (tertiary/aromatic N) is 1. The van der Waals surface area contributed by atoms with Gasteiger partial charge < -0.3 is 24.7 Å². The second-order valence-electron chi connectivity index (χ2n) is 8.91. The van der Waals surface area contributed by atoms with Crippen LogP contribution in [0.25, 0.3) is 0 Å². The normalized spacial score (nSPS) is 27.5. The lowest BCUT2D eigenvalue weighted by Crippen LogP contribution is -2.42. The number of carbonyl (C=O) groups excluding carboxylic acids is 4. The average molecular weight is 551 g/mol. The molecular formula is C25H24F3N3O8. The third kappa shape index (κ3) is 7.51. The Balaban J connectivity index is 1.40. The molecule has 1 amide bonds. The highest BCUT2D eigenvalue weighted by molar-refractivity contribution is 6.03. The second kappa shape index (κ2) is 11.8. The molecule has 39 heavy (non-hydrogen) atoms. The predicted octanol–water partition coefficient (Wildman–Crippen LogP) is 1.46. The van der Waals surface area contributed by atoms with Crippen LogP contribution >= 0.6 is 0 Å². The molecule has 14 heteroatoms. The highest BCUT2D eigenvalue weighted by Crippen LogP contribution is 2.32. The van der Waals surface area contributed by atoms with Gasteiger partial charge in [0.25, 0.3) is 5.91 Å². The highest BCUT2D eigenvalue weighted by Gasteiger charge is 2.50. The zero-order valence-electron chi connectivity index (χ0n) is 20.3. The monoisotopic (exact) mass is 551 g/mol. The zero-order valence-corrected chi connectivity index (χ0v) is 20.3. The number of alkyl halides is 3. The van der Waals surface area contributed by atoms with Gasteiger partial charge in [-0.15, -0.1) is 0 Å². The predicted molar refractivity (Wildman–Crippen MR) is 126 cm³/mol. The maximum atomic E-state index is 12.6. The van der Waals surface area contributed by atoms with Crippen LogP contribution in [0.1, 0.15) is 28.8 Å². The van der Waals surface area contributed by atoms with E-state index in [1.54, 1.807) is 6.08 Å². The van der Waals surface area contributed by atoms with Gasteiger partial charge in [0.05, 0.1) is 17.6 Å². The first kappa shape index (κ1) is 28.0. The van der Waals surface area contributed by atoms with E-state index in [0.717, 1.165) is 12.2 Å². The Morgan fingerprint density at radius 1 is 0.974 bits per heavy atom. The number of dihydropyridines is 1. The van der Waals surface area contributed by atoms with Gasteiger partial charge in [0.1, 0.15) is 18.5 Å². The summed E-state index contributed by atoms with van der Waals surface area (Å²) in [5.41, 5.74) is 5.90. The number of fused-ring (bicyclic) bond motifs is 1. The molecule has 1 aromatic carbocycles. The maximum Gasteiger partial charge on any atom is 0.457 e. The fourth-order valence-corrected chi connectivity index (χ4v) is 4.25. The molecule has 0 spiro atoms. The van der Waals surface area contributed by atoms with Crippen molar-refractivity contribution in [1.29, 1.82) is 0 Å². The van der Waals surface area contributed by atoms with Crippen LogP contribution < -0.4 is 11.1 Å². The van der Waals surface area contributed by atoms with Crippen LogP contribution in [0.3, 0.4) is 0 Å². The van der Waals surface area contributed by atoms with E-state index in [9.17, 15) is 32.3 Å². The van der Waals surface area contributed by atoms with Crippen LogP contribution in [-0.2, 0) is 39.9 Å². The van der Waals surface area contributed by atoms with Gasteiger partial charge in [-0.2, -0.15) is 18.2 Å². The molecule has 1 saturated heterocycles. The third-order valence-corrected chi connectivity index (χ3v) is 6.15. The summed E-state index contributed by atoms with van der Waals surface area (Å²) >= 11 is 0. The van der Waals surface area contributed by atoms with Crippen molar-refractivity contribution < 1.29 is 51.3 Å². The Morgan fingerprint density at radius 3 is 2.23 bits per heavy atom. The average Bonchev–Trinajstić information content (AvgIpc) is 3.18. The standard InChI is InChI=1S/C25H24F3N3O8/c26-25(27,28)30-11-13-1-3-15(4-2-13)24(35)36-12-17-22-21(38-19(32)9-10-20(33)39-22)16(37-17)7-5-14-6-8-18(29)31-23(14)34/h1-4,6,8-10,14,16-17,21-22,30H,5,7,11-12H2,(H2,29,31,34)/b10-9-/t14?,16-,17+,21+,22?/m0/s1. The second-order valence-corrected chi connectivity index (χ2v) is 8.91. The lowest BCUT2D eigenvalue weighted by atomic mass is 9.95. The summed E-state index contributed by atoms with van der Waals surface area (Å²) in [6.45, 7) is -0.856. The van der Waals surface area contributed by atoms with Crippen LogP contribution in [0.15, 0.2) is 53.6 Å². The van der Waals surface area contributed by atoms with Crippen molar-refractivity contribution in [2.24, 2.45) is 16.6 Å². The number of nitrogens with one attached hydrogen (secondary N) is 1. The van der Waals surface area contributed by atoms with Crippen LogP contribution in [0, 0.1) is 5.92 Å². The molecule has 3 aliphatic rings. The quantitative estimate of drug-likeness (QED) is 0.276. The van der Waals surface area contributed by atoms with Gasteiger partial charge in [-0.3, -0.25) is 4.79 Å². The van der Waals surface area contributed by atoms with E-state index in [4.69, 9.17) is 24.7 Å². The van der Waals surface area contributed by atoms with Gasteiger partial charge in [-0.05, 0) is 36.6 Å². The Bertz CT molecular complexity index is 1210. The van der Waals surface area contributed by atoms with Crippen molar-refractivity contribution in [2.45, 2.75) is 50.1 Å². The van der Waals surface area contributed by atoms with E-state index in [1.165, 1.54) is 35.7 Å². The number of aliphatic imine (C=N–C) groups is 1. The molecule has 3 heterocycles. The first-order valence-electron chi connectivity index (χ1n) is 11.9. The molecule has 1 aromatic rings. The summed E-state index contributed by atoms with van der Waals surface area (Å²) in [6, 6.07) is 5.30. The minimum atomic E-state index is -4.54. The summed E-state index contributed by atoms with van der Waals surface area (Å²) in [4.78, 5) is 52.7. The summed E-state index contributed by atoms with van der Waals surface area (Å²) in [7, 11) is 0. The number of ether oxygens (including phenoxy) is 4. The molecular weight excluding hydrogens is 527 g/mol. The van der Waals surface area contributed by atoms with Crippen molar-refractivity contribution in [3.05, 3.63) is 59.7 Å². The Hall–Kier alpha value is -4.04. The molecule has 2 unspecified atom stereocenters. The highest BCUT2D eigenvalue weighted by atomic mass is 19.4. The molecule has 0 bridgehead atoms. The maximum absolute atomic E-state index is 12.6. The first-order valence-corrected chi connectivity index (χ1v) is 11.9. The number of amidine groups is 1. The van der Waals surface area contributed by atoms with Gasteiger partial charge in [0.2, 0.25) is 0 Å². The number of nitrogens with two attached hydrogens (primary N) is 1. The topological polar surface area (TPSA) is 156 Å². The molecule has 3 aliphatic heterocycles. The molecule has 4 rings (SSSR count). The molecule has 3 N–H and O–H groups in total. The number of hydrogen-bond acceptors (Lipinski definition) is 10. The van der Waals surface area contributed by atoms with Gasteiger partial charge in [0.15, 0.2) is 12.2 Å². The number of halogens is 3. The molecule has 11 nitrogen and oxygen atoms in total. The van der Waals surface area contributed by atoms with E-state index in [2.05, 4.69) is 4.99 Å². The number of rotatable bonds is 8. The number of benzene rings is 1. The van der Waals surface area contributed by atoms with Crippen molar-refractivity contribution in [3.8, 4) is 0 Å². The van der Waals surface area contributed by atoms with Gasteiger partial charge in [-0.1, -0.05) is 18.2 Å². The number of amides is 1. The summed E-state index contributed by atoms with van der Waals surface area (Å²) in [5, 5.41) is 1.38.